The average Bonchev–Trinajstić information content (AvgIpc) is 3.42. The Hall–Kier alpha value is -2.83. The zero-order valence-corrected chi connectivity index (χ0v) is 15.8. The fourth-order valence-corrected chi connectivity index (χ4v) is 4.84. The van der Waals surface area contributed by atoms with Crippen molar-refractivity contribution in [2.45, 2.75) is 18.5 Å². The average molecular weight is 392 g/mol. The maximum atomic E-state index is 13.2. The van der Waals surface area contributed by atoms with Crippen LogP contribution in [0, 0.1) is 0 Å². The molecule has 2 bridgehead atoms. The number of fused-ring (bicyclic) bond motifs is 4. The van der Waals surface area contributed by atoms with Crippen LogP contribution in [-0.4, -0.2) is 40.1 Å². The molecular formula is C21H18ClN5O. The molecule has 0 saturated carbocycles. The molecule has 0 spiro atoms. The lowest BCUT2D eigenvalue weighted by molar-refractivity contribution is 0.581. The number of anilines is 1. The van der Waals surface area contributed by atoms with Gasteiger partial charge in [0.05, 0.1) is 22.2 Å². The number of hydrogen-bond acceptors (Lipinski definition) is 4. The minimum absolute atomic E-state index is 0.139. The quantitative estimate of drug-likeness (QED) is 0.490. The normalized spacial score (nSPS) is 21.2. The van der Waals surface area contributed by atoms with E-state index >= 15 is 0 Å². The van der Waals surface area contributed by atoms with Gasteiger partial charge in [-0.15, -0.1) is 0 Å². The number of hydrogen-bond donors (Lipinski definition) is 3. The van der Waals surface area contributed by atoms with Crippen molar-refractivity contribution in [2.24, 2.45) is 0 Å². The molecule has 0 amide bonds. The van der Waals surface area contributed by atoms with Gasteiger partial charge in [0.15, 0.2) is 0 Å². The Morgan fingerprint density at radius 3 is 2.79 bits per heavy atom. The summed E-state index contributed by atoms with van der Waals surface area (Å²) in [5.74, 6) is 0.593. The predicted molar refractivity (Wildman–Crippen MR) is 112 cm³/mol. The van der Waals surface area contributed by atoms with Crippen LogP contribution in [0.3, 0.4) is 0 Å². The summed E-state index contributed by atoms with van der Waals surface area (Å²) >= 11 is 6.33. The van der Waals surface area contributed by atoms with Crippen LogP contribution in [-0.2, 0) is 0 Å². The monoisotopic (exact) mass is 391 g/mol. The van der Waals surface area contributed by atoms with Crippen LogP contribution in [0.4, 0.5) is 5.69 Å². The molecule has 6 rings (SSSR count). The second-order valence-electron chi connectivity index (χ2n) is 7.62. The molecule has 2 aromatic carbocycles. The highest BCUT2D eigenvalue weighted by molar-refractivity contribution is 6.31. The van der Waals surface area contributed by atoms with Crippen LogP contribution in [0.5, 0.6) is 0 Å². The number of aromatic amines is 2. The van der Waals surface area contributed by atoms with Gasteiger partial charge in [0, 0.05) is 35.6 Å². The Kier molecular flexibility index (Phi) is 3.36. The largest absolute Gasteiger partial charge is 0.364 e. The molecule has 3 N–H and O–H groups in total. The third-order valence-corrected chi connectivity index (χ3v) is 6.15. The van der Waals surface area contributed by atoms with E-state index < -0.39 is 0 Å². The Balaban J connectivity index is 1.68. The highest BCUT2D eigenvalue weighted by Gasteiger charge is 2.40. The molecular weight excluding hydrogens is 374 g/mol. The summed E-state index contributed by atoms with van der Waals surface area (Å²) in [7, 11) is 0. The van der Waals surface area contributed by atoms with Crippen LogP contribution in [0.1, 0.15) is 6.42 Å². The highest BCUT2D eigenvalue weighted by atomic mass is 35.5. The molecule has 2 saturated heterocycles. The van der Waals surface area contributed by atoms with Gasteiger partial charge in [-0.3, -0.25) is 4.79 Å². The standard InChI is InChI=1S/C21H18ClN5O/c22-11-5-6-15-14(7-11)19(27-10-12-8-13(27)9-23-12)18(21(28)26-15)20-24-16-3-1-2-4-17(16)25-20/h1-7,12-13,23H,8-10H2,(H,24,25)(H,26,28). The van der Waals surface area contributed by atoms with Crippen molar-refractivity contribution < 1.29 is 0 Å². The van der Waals surface area contributed by atoms with E-state index in [1.807, 2.05) is 42.5 Å². The molecule has 2 aliphatic heterocycles. The van der Waals surface area contributed by atoms with E-state index in [-0.39, 0.29) is 5.56 Å². The molecule has 2 unspecified atom stereocenters. The van der Waals surface area contributed by atoms with Crippen molar-refractivity contribution in [3.8, 4) is 11.4 Å². The second kappa shape index (κ2) is 5.83. The van der Waals surface area contributed by atoms with E-state index in [4.69, 9.17) is 16.6 Å². The van der Waals surface area contributed by atoms with Gasteiger partial charge in [-0.25, -0.2) is 4.98 Å². The molecule has 140 valence electrons. The summed E-state index contributed by atoms with van der Waals surface area (Å²) in [6, 6.07) is 14.3. The first-order valence-corrected chi connectivity index (χ1v) is 9.86. The topological polar surface area (TPSA) is 76.8 Å². The lowest BCUT2D eigenvalue weighted by atomic mass is 10.1. The van der Waals surface area contributed by atoms with Crippen molar-refractivity contribution in [3.63, 3.8) is 0 Å². The van der Waals surface area contributed by atoms with Gasteiger partial charge in [0.25, 0.3) is 5.56 Å². The SMILES string of the molecule is O=c1[nH]c2ccc(Cl)cc2c(N2CC3CC2CN3)c1-c1nc2ccccc2[nH]1. The van der Waals surface area contributed by atoms with E-state index in [2.05, 4.69) is 20.2 Å². The number of pyridine rings is 1. The van der Waals surface area contributed by atoms with Crippen LogP contribution < -0.4 is 15.8 Å². The van der Waals surface area contributed by atoms with Crippen molar-refractivity contribution in [1.29, 1.82) is 0 Å². The number of nitrogens with zero attached hydrogens (tertiary/aromatic N) is 2. The van der Waals surface area contributed by atoms with Gasteiger partial charge in [-0.2, -0.15) is 0 Å². The number of imidazole rings is 1. The van der Waals surface area contributed by atoms with Gasteiger partial charge >= 0.3 is 0 Å². The first-order valence-electron chi connectivity index (χ1n) is 9.48. The summed E-state index contributed by atoms with van der Waals surface area (Å²) < 4.78 is 0. The highest BCUT2D eigenvalue weighted by Crippen LogP contribution is 2.39. The molecule has 28 heavy (non-hydrogen) atoms. The van der Waals surface area contributed by atoms with E-state index in [0.717, 1.165) is 47.1 Å². The van der Waals surface area contributed by atoms with Gasteiger partial charge < -0.3 is 20.2 Å². The minimum Gasteiger partial charge on any atom is -0.364 e. The van der Waals surface area contributed by atoms with E-state index in [9.17, 15) is 4.79 Å². The fraction of sp³-hybridized carbons (Fsp3) is 0.238. The summed E-state index contributed by atoms with van der Waals surface area (Å²) in [5.41, 5.74) is 3.92. The zero-order chi connectivity index (χ0) is 18.8. The van der Waals surface area contributed by atoms with Crippen molar-refractivity contribution in [3.05, 3.63) is 57.8 Å². The Morgan fingerprint density at radius 2 is 2.00 bits per heavy atom. The van der Waals surface area contributed by atoms with Gasteiger partial charge in [-0.1, -0.05) is 23.7 Å². The second-order valence-corrected chi connectivity index (χ2v) is 8.05. The fourth-order valence-electron chi connectivity index (χ4n) is 4.67. The molecule has 6 nitrogen and oxygen atoms in total. The lowest BCUT2D eigenvalue weighted by Crippen LogP contribution is -2.44. The molecule has 2 aliphatic rings. The smallest absolute Gasteiger partial charge is 0.261 e. The van der Waals surface area contributed by atoms with Gasteiger partial charge in [-0.05, 0) is 36.8 Å². The first-order chi connectivity index (χ1) is 13.7. The number of benzene rings is 2. The van der Waals surface area contributed by atoms with E-state index in [1.165, 1.54) is 0 Å². The van der Waals surface area contributed by atoms with Crippen LogP contribution in [0.15, 0.2) is 47.3 Å². The molecule has 0 radical (unpaired) electrons. The molecule has 4 aromatic rings. The maximum Gasteiger partial charge on any atom is 0.261 e. The number of piperazine rings is 1. The molecule has 2 atom stereocenters. The summed E-state index contributed by atoms with van der Waals surface area (Å²) in [5, 5.41) is 5.14. The lowest BCUT2D eigenvalue weighted by Gasteiger charge is -2.31. The van der Waals surface area contributed by atoms with Crippen LogP contribution >= 0.6 is 11.6 Å². The van der Waals surface area contributed by atoms with Crippen LogP contribution in [0.25, 0.3) is 33.3 Å². The van der Waals surface area contributed by atoms with E-state index in [1.54, 1.807) is 0 Å². The van der Waals surface area contributed by atoms with Crippen molar-refractivity contribution in [2.75, 3.05) is 18.0 Å². The number of H-pyrrole nitrogens is 2. The number of nitrogens with one attached hydrogen (secondary N) is 3. The summed E-state index contributed by atoms with van der Waals surface area (Å²) in [6.45, 7) is 1.81. The maximum absolute atomic E-state index is 13.2. The minimum atomic E-state index is -0.139. The Labute approximate surface area is 165 Å². The number of halogens is 1. The Bertz CT molecular complexity index is 1260. The Morgan fingerprint density at radius 1 is 1.11 bits per heavy atom. The first kappa shape index (κ1) is 16.2. The molecule has 2 aromatic heterocycles. The molecule has 0 aliphatic carbocycles. The molecule has 4 heterocycles. The van der Waals surface area contributed by atoms with Crippen LogP contribution in [0.2, 0.25) is 5.02 Å². The van der Waals surface area contributed by atoms with E-state index in [0.29, 0.717) is 28.5 Å². The van der Waals surface area contributed by atoms with Crippen molar-refractivity contribution in [1.82, 2.24) is 20.3 Å². The number of aromatic nitrogens is 3. The third kappa shape index (κ3) is 2.31. The van der Waals surface area contributed by atoms with Gasteiger partial charge in [0.2, 0.25) is 0 Å². The summed E-state index contributed by atoms with van der Waals surface area (Å²) in [6.07, 6.45) is 1.09. The molecule has 2 fully saturated rings. The third-order valence-electron chi connectivity index (χ3n) is 5.92. The number of rotatable bonds is 2. The zero-order valence-electron chi connectivity index (χ0n) is 15.0. The predicted octanol–water partition coefficient (Wildman–Crippen LogP) is 3.28. The van der Waals surface area contributed by atoms with Crippen molar-refractivity contribution >= 4 is 39.2 Å². The molecule has 7 heteroatoms. The number of para-hydroxylation sites is 2. The van der Waals surface area contributed by atoms with Gasteiger partial charge in [0.1, 0.15) is 11.4 Å². The summed E-state index contributed by atoms with van der Waals surface area (Å²) in [4.78, 5) is 26.6.